The minimum Gasteiger partial charge on any atom is -0.493 e. The lowest BCUT2D eigenvalue weighted by Gasteiger charge is -2.11. The normalized spacial score (nSPS) is 10.9. The second-order valence-electron chi connectivity index (χ2n) is 7.08. The molecule has 30 heavy (non-hydrogen) atoms. The van der Waals surface area contributed by atoms with Crippen molar-refractivity contribution in [1.29, 1.82) is 0 Å². The van der Waals surface area contributed by atoms with E-state index in [2.05, 4.69) is 10.3 Å². The van der Waals surface area contributed by atoms with E-state index in [9.17, 15) is 0 Å². The molecule has 0 saturated carbocycles. The number of anilines is 1. The number of aromatic nitrogens is 4. The van der Waals surface area contributed by atoms with Crippen molar-refractivity contribution in [3.63, 3.8) is 0 Å². The van der Waals surface area contributed by atoms with Crippen molar-refractivity contribution in [1.82, 2.24) is 19.6 Å². The summed E-state index contributed by atoms with van der Waals surface area (Å²) < 4.78 is 12.7. The number of rotatable bonds is 7. The van der Waals surface area contributed by atoms with E-state index in [4.69, 9.17) is 19.6 Å². The van der Waals surface area contributed by atoms with Crippen LogP contribution >= 0.6 is 0 Å². The molecule has 0 spiro atoms. The van der Waals surface area contributed by atoms with Gasteiger partial charge < -0.3 is 14.8 Å². The molecule has 0 aliphatic rings. The van der Waals surface area contributed by atoms with Crippen LogP contribution in [0, 0.1) is 13.8 Å². The van der Waals surface area contributed by atoms with Gasteiger partial charge in [0.1, 0.15) is 5.82 Å². The monoisotopic (exact) mass is 403 g/mol. The number of hydrogen-bond donors (Lipinski definition) is 1. The lowest BCUT2D eigenvalue weighted by molar-refractivity contribution is 0.355. The molecular weight excluding hydrogens is 378 g/mol. The molecule has 7 heteroatoms. The van der Waals surface area contributed by atoms with Crippen molar-refractivity contribution in [3.05, 3.63) is 65.7 Å². The third-order valence-electron chi connectivity index (χ3n) is 5.03. The zero-order valence-electron chi connectivity index (χ0n) is 17.6. The van der Waals surface area contributed by atoms with Crippen LogP contribution in [0.5, 0.6) is 11.5 Å². The Kier molecular flexibility index (Phi) is 5.52. The van der Waals surface area contributed by atoms with E-state index in [1.54, 1.807) is 14.2 Å². The van der Waals surface area contributed by atoms with Gasteiger partial charge in [-0.25, -0.2) is 4.98 Å². The van der Waals surface area contributed by atoms with Crippen LogP contribution in [-0.4, -0.2) is 40.3 Å². The molecule has 0 amide bonds. The molecular formula is C23H25N5O2. The van der Waals surface area contributed by atoms with Crippen LogP contribution in [-0.2, 0) is 6.42 Å². The molecule has 7 nitrogen and oxygen atoms in total. The van der Waals surface area contributed by atoms with Crippen LogP contribution in [0.1, 0.15) is 17.0 Å². The van der Waals surface area contributed by atoms with Crippen LogP contribution in [0.15, 0.2) is 48.8 Å². The zero-order valence-corrected chi connectivity index (χ0v) is 17.6. The predicted molar refractivity (Wildman–Crippen MR) is 117 cm³/mol. The number of pyridine rings is 1. The van der Waals surface area contributed by atoms with Crippen LogP contribution in [0.2, 0.25) is 0 Å². The molecule has 3 aromatic heterocycles. The first-order chi connectivity index (χ1) is 14.6. The summed E-state index contributed by atoms with van der Waals surface area (Å²) in [5, 5.41) is 8.27. The fraction of sp³-hybridized carbons (Fsp3) is 0.261. The Morgan fingerprint density at radius 3 is 2.47 bits per heavy atom. The van der Waals surface area contributed by atoms with E-state index >= 15 is 0 Å². The third kappa shape index (κ3) is 3.78. The molecule has 0 fully saturated rings. The maximum Gasteiger partial charge on any atom is 0.165 e. The van der Waals surface area contributed by atoms with Crippen molar-refractivity contribution in [2.45, 2.75) is 20.3 Å². The number of nitrogens with one attached hydrogen (secondary N) is 1. The number of ether oxygens (including phenoxy) is 2. The summed E-state index contributed by atoms with van der Waals surface area (Å²) >= 11 is 0. The first-order valence-electron chi connectivity index (χ1n) is 9.83. The van der Waals surface area contributed by atoms with Crippen molar-refractivity contribution in [2.24, 2.45) is 0 Å². The lowest BCUT2D eigenvalue weighted by atomic mass is 10.1. The number of methoxy groups -OCH3 is 2. The highest BCUT2D eigenvalue weighted by atomic mass is 16.5. The number of aryl methyl sites for hydroxylation is 2. The Morgan fingerprint density at radius 1 is 0.967 bits per heavy atom. The fourth-order valence-corrected chi connectivity index (χ4v) is 3.58. The molecule has 0 bridgehead atoms. The highest BCUT2D eigenvalue weighted by molar-refractivity contribution is 5.82. The van der Waals surface area contributed by atoms with E-state index < -0.39 is 0 Å². The summed E-state index contributed by atoms with van der Waals surface area (Å²) in [4.78, 5) is 8.85. The average molecular weight is 403 g/mol. The highest BCUT2D eigenvalue weighted by Crippen LogP contribution is 2.35. The number of fused-ring (bicyclic) bond motifs is 1. The summed E-state index contributed by atoms with van der Waals surface area (Å²) in [6.07, 6.45) is 4.53. The topological polar surface area (TPSA) is 73.6 Å². The van der Waals surface area contributed by atoms with Gasteiger partial charge in [-0.2, -0.15) is 9.61 Å². The van der Waals surface area contributed by atoms with Crippen molar-refractivity contribution in [2.75, 3.05) is 26.1 Å². The van der Waals surface area contributed by atoms with Crippen LogP contribution in [0.25, 0.3) is 16.8 Å². The summed E-state index contributed by atoms with van der Waals surface area (Å²) in [5.74, 6) is 2.29. The Labute approximate surface area is 175 Å². The number of nitrogens with zero attached hydrogens (tertiary/aromatic N) is 4. The Hall–Kier alpha value is -3.61. The SMILES string of the molecule is COc1ccc(-c2c(C)nn3c(NCCc4ccncc4)cc(C)nc23)cc1OC. The molecule has 0 radical (unpaired) electrons. The van der Waals surface area contributed by atoms with Gasteiger partial charge in [-0.15, -0.1) is 0 Å². The first-order valence-corrected chi connectivity index (χ1v) is 9.83. The molecule has 0 aliphatic heterocycles. The van der Waals surface area contributed by atoms with Gasteiger partial charge in [-0.05, 0) is 55.7 Å². The van der Waals surface area contributed by atoms with Gasteiger partial charge in [-0.1, -0.05) is 6.07 Å². The van der Waals surface area contributed by atoms with Crippen LogP contribution in [0.3, 0.4) is 0 Å². The van der Waals surface area contributed by atoms with E-state index in [-0.39, 0.29) is 0 Å². The van der Waals surface area contributed by atoms with Gasteiger partial charge in [-0.3, -0.25) is 4.98 Å². The Morgan fingerprint density at radius 2 is 1.73 bits per heavy atom. The summed E-state index contributed by atoms with van der Waals surface area (Å²) in [6, 6.07) is 11.9. The van der Waals surface area contributed by atoms with E-state index in [1.165, 1.54) is 5.56 Å². The largest absolute Gasteiger partial charge is 0.493 e. The van der Waals surface area contributed by atoms with Crippen molar-refractivity contribution >= 4 is 11.5 Å². The number of benzene rings is 1. The van der Waals surface area contributed by atoms with Gasteiger partial charge in [0.15, 0.2) is 17.1 Å². The Bertz CT molecular complexity index is 1170. The van der Waals surface area contributed by atoms with Crippen LogP contribution < -0.4 is 14.8 Å². The van der Waals surface area contributed by atoms with Gasteiger partial charge >= 0.3 is 0 Å². The molecule has 0 saturated heterocycles. The van der Waals surface area contributed by atoms with E-state index in [1.807, 2.05) is 67.2 Å². The molecule has 1 N–H and O–H groups in total. The predicted octanol–water partition coefficient (Wildman–Crippen LogP) is 4.08. The lowest BCUT2D eigenvalue weighted by Crippen LogP contribution is -2.10. The summed E-state index contributed by atoms with van der Waals surface area (Å²) in [7, 11) is 3.27. The molecule has 1 aromatic carbocycles. The summed E-state index contributed by atoms with van der Waals surface area (Å²) in [5.41, 5.74) is 5.85. The second kappa shape index (κ2) is 8.41. The molecule has 154 valence electrons. The van der Waals surface area contributed by atoms with Crippen LogP contribution in [0.4, 0.5) is 5.82 Å². The molecule has 4 rings (SSSR count). The third-order valence-corrected chi connectivity index (χ3v) is 5.03. The zero-order chi connectivity index (χ0) is 21.1. The molecule has 0 unspecified atom stereocenters. The fourth-order valence-electron chi connectivity index (χ4n) is 3.58. The van der Waals surface area contributed by atoms with Gasteiger partial charge in [0.2, 0.25) is 0 Å². The minimum absolute atomic E-state index is 0.678. The summed E-state index contributed by atoms with van der Waals surface area (Å²) in [6.45, 7) is 4.78. The number of hydrogen-bond acceptors (Lipinski definition) is 6. The van der Waals surface area contributed by atoms with Gasteiger partial charge in [0.05, 0.1) is 19.9 Å². The maximum absolute atomic E-state index is 5.48. The maximum atomic E-state index is 5.48. The standard InChI is InChI=1S/C23H25N5O2/c1-15-13-21(25-12-9-17-7-10-24-11-8-17)28-23(26-15)22(16(2)27-28)18-5-6-19(29-3)20(14-18)30-4/h5-8,10-11,13-14,25H,9,12H2,1-4H3. The average Bonchev–Trinajstić information content (AvgIpc) is 3.09. The second-order valence-corrected chi connectivity index (χ2v) is 7.08. The molecule has 4 aromatic rings. The first kappa shape index (κ1) is 19.7. The van der Waals surface area contributed by atoms with Gasteiger partial charge in [0.25, 0.3) is 0 Å². The minimum atomic E-state index is 0.678. The van der Waals surface area contributed by atoms with Crippen molar-refractivity contribution in [3.8, 4) is 22.6 Å². The smallest absolute Gasteiger partial charge is 0.165 e. The molecule has 0 atom stereocenters. The van der Waals surface area contributed by atoms with Gasteiger partial charge in [0, 0.05) is 36.3 Å². The quantitative estimate of drug-likeness (QED) is 0.501. The Balaban J connectivity index is 1.70. The molecule has 0 aliphatic carbocycles. The van der Waals surface area contributed by atoms with E-state index in [0.717, 1.165) is 46.9 Å². The molecule has 3 heterocycles. The van der Waals surface area contributed by atoms with Crippen molar-refractivity contribution < 1.29 is 9.47 Å². The van der Waals surface area contributed by atoms with E-state index in [0.29, 0.717) is 11.5 Å². The highest BCUT2D eigenvalue weighted by Gasteiger charge is 2.17.